The summed E-state index contributed by atoms with van der Waals surface area (Å²) < 4.78 is 0. The zero-order valence-corrected chi connectivity index (χ0v) is 8.06. The van der Waals surface area contributed by atoms with E-state index in [1.54, 1.807) is 18.2 Å². The fourth-order valence-electron chi connectivity index (χ4n) is 0.904. The van der Waals surface area contributed by atoms with Crippen LogP contribution in [0.5, 0.6) is 0 Å². The maximum absolute atomic E-state index is 5.88. The van der Waals surface area contributed by atoms with E-state index in [4.69, 9.17) is 29.1 Å². The summed E-state index contributed by atoms with van der Waals surface area (Å²) in [6.45, 7) is 1.81. The molecule has 1 atom stereocenters. The number of benzene rings is 1. The van der Waals surface area contributed by atoms with E-state index in [1.807, 2.05) is 6.92 Å². The van der Waals surface area contributed by atoms with Gasteiger partial charge in [0.2, 0.25) is 0 Å². The zero-order chi connectivity index (χ0) is 9.14. The highest BCUT2D eigenvalue weighted by molar-refractivity contribution is 6.35. The van der Waals surface area contributed by atoms with Gasteiger partial charge in [0.15, 0.2) is 0 Å². The van der Waals surface area contributed by atoms with Crippen molar-refractivity contribution in [3.05, 3.63) is 33.8 Å². The Labute approximate surface area is 81.2 Å². The molecular weight excluding hydrogens is 197 g/mol. The van der Waals surface area contributed by atoms with Gasteiger partial charge in [0.25, 0.3) is 0 Å². The largest absolute Gasteiger partial charge is 0.297 e. The molecule has 0 aliphatic rings. The van der Waals surface area contributed by atoms with Gasteiger partial charge in [-0.15, -0.1) is 0 Å². The molecule has 0 aromatic heterocycles. The topological polar surface area (TPSA) is 35.2 Å². The Balaban J connectivity index is 3.01. The van der Waals surface area contributed by atoms with Crippen LogP contribution in [-0.4, -0.2) is 0 Å². The van der Waals surface area contributed by atoms with Crippen LogP contribution in [0.3, 0.4) is 0 Å². The highest BCUT2D eigenvalue weighted by Crippen LogP contribution is 2.26. The molecule has 0 aliphatic carbocycles. The Kier molecular flexibility index (Phi) is 3.35. The van der Waals surface area contributed by atoms with Gasteiger partial charge in [-0.2, -0.15) is 0 Å². The van der Waals surface area contributed by atoms with E-state index in [1.165, 1.54) is 0 Å². The molecule has 0 spiro atoms. The summed E-state index contributed by atoms with van der Waals surface area (Å²) in [4.78, 5) is 4.63. The second kappa shape index (κ2) is 4.10. The van der Waals surface area contributed by atoms with Crippen LogP contribution in [0.1, 0.15) is 18.6 Å². The van der Waals surface area contributed by atoms with Gasteiger partial charge in [0.1, 0.15) is 6.10 Å². The lowest BCUT2D eigenvalue weighted by Gasteiger charge is -2.10. The molecule has 2 nitrogen and oxygen atoms in total. The average Bonchev–Trinajstić information content (AvgIpc) is 2.03. The molecule has 1 aromatic rings. The first-order valence-electron chi connectivity index (χ1n) is 3.45. The Morgan fingerprint density at radius 2 is 2.08 bits per heavy atom. The lowest BCUT2D eigenvalue weighted by Crippen LogP contribution is -2.05. The third-order valence-corrected chi connectivity index (χ3v) is 2.17. The van der Waals surface area contributed by atoms with Gasteiger partial charge in [-0.25, -0.2) is 5.90 Å². The van der Waals surface area contributed by atoms with Crippen molar-refractivity contribution in [3.8, 4) is 0 Å². The molecular formula is C8H9Cl2NO. The third kappa shape index (κ3) is 2.11. The molecule has 66 valence electrons. The van der Waals surface area contributed by atoms with E-state index in [0.29, 0.717) is 10.0 Å². The number of nitrogens with two attached hydrogens (primary N) is 1. The highest BCUT2D eigenvalue weighted by Gasteiger charge is 2.08. The van der Waals surface area contributed by atoms with E-state index >= 15 is 0 Å². The van der Waals surface area contributed by atoms with Crippen molar-refractivity contribution >= 4 is 23.2 Å². The molecule has 0 fully saturated rings. The van der Waals surface area contributed by atoms with Crippen molar-refractivity contribution < 1.29 is 4.84 Å². The first-order chi connectivity index (χ1) is 5.65. The second-order valence-electron chi connectivity index (χ2n) is 2.44. The molecule has 2 N–H and O–H groups in total. The summed E-state index contributed by atoms with van der Waals surface area (Å²) in [5.74, 6) is 5.02. The van der Waals surface area contributed by atoms with Crippen LogP contribution in [0.15, 0.2) is 18.2 Å². The van der Waals surface area contributed by atoms with E-state index in [9.17, 15) is 0 Å². The molecule has 1 rings (SSSR count). The molecule has 0 saturated carbocycles. The van der Waals surface area contributed by atoms with Crippen LogP contribution in [0.2, 0.25) is 10.0 Å². The summed E-state index contributed by atoms with van der Waals surface area (Å²) in [5.41, 5.74) is 0.837. The normalized spacial score (nSPS) is 13.0. The number of hydrogen-bond acceptors (Lipinski definition) is 2. The lowest BCUT2D eigenvalue weighted by molar-refractivity contribution is 0.0665. The molecule has 0 radical (unpaired) electrons. The molecule has 1 unspecified atom stereocenters. The Morgan fingerprint density at radius 1 is 1.42 bits per heavy atom. The van der Waals surface area contributed by atoms with Crippen molar-refractivity contribution in [2.24, 2.45) is 5.90 Å². The third-order valence-electron chi connectivity index (χ3n) is 1.60. The molecule has 4 heteroatoms. The predicted molar refractivity (Wildman–Crippen MR) is 50.1 cm³/mol. The van der Waals surface area contributed by atoms with Crippen molar-refractivity contribution in [3.63, 3.8) is 0 Å². The minimum Gasteiger partial charge on any atom is -0.297 e. The molecule has 12 heavy (non-hydrogen) atoms. The standard InChI is InChI=1S/C8H9Cl2NO/c1-5(12-11)7-3-2-6(9)4-8(7)10/h2-5H,11H2,1H3. The first kappa shape index (κ1) is 9.81. The van der Waals surface area contributed by atoms with E-state index in [2.05, 4.69) is 4.84 Å². The maximum Gasteiger partial charge on any atom is 0.102 e. The second-order valence-corrected chi connectivity index (χ2v) is 3.29. The first-order valence-corrected chi connectivity index (χ1v) is 4.21. The summed E-state index contributed by atoms with van der Waals surface area (Å²) in [6.07, 6.45) is -0.213. The Morgan fingerprint density at radius 3 is 2.58 bits per heavy atom. The average molecular weight is 206 g/mol. The van der Waals surface area contributed by atoms with E-state index < -0.39 is 0 Å². The van der Waals surface area contributed by atoms with Gasteiger partial charge in [-0.3, -0.25) is 4.84 Å². The van der Waals surface area contributed by atoms with Crippen LogP contribution in [-0.2, 0) is 4.84 Å². The molecule has 0 saturated heterocycles. The smallest absolute Gasteiger partial charge is 0.102 e. The van der Waals surface area contributed by atoms with Gasteiger partial charge in [-0.05, 0) is 19.1 Å². The van der Waals surface area contributed by atoms with Crippen molar-refractivity contribution in [2.45, 2.75) is 13.0 Å². The van der Waals surface area contributed by atoms with Gasteiger partial charge < -0.3 is 0 Å². The highest BCUT2D eigenvalue weighted by atomic mass is 35.5. The Hall–Kier alpha value is -0.280. The van der Waals surface area contributed by atoms with Gasteiger partial charge in [-0.1, -0.05) is 29.3 Å². The van der Waals surface area contributed by atoms with Crippen LogP contribution in [0.25, 0.3) is 0 Å². The maximum atomic E-state index is 5.88. The molecule has 0 bridgehead atoms. The SMILES string of the molecule is CC(ON)c1ccc(Cl)cc1Cl. The van der Waals surface area contributed by atoms with Gasteiger partial charge >= 0.3 is 0 Å². The summed E-state index contributed by atoms with van der Waals surface area (Å²) in [5, 5.41) is 1.17. The van der Waals surface area contributed by atoms with Crippen molar-refractivity contribution in [2.75, 3.05) is 0 Å². The van der Waals surface area contributed by atoms with Crippen molar-refractivity contribution in [1.29, 1.82) is 0 Å². The number of hydrogen-bond donors (Lipinski definition) is 1. The van der Waals surface area contributed by atoms with Crippen LogP contribution >= 0.6 is 23.2 Å². The van der Waals surface area contributed by atoms with Crippen LogP contribution in [0.4, 0.5) is 0 Å². The molecule has 0 aliphatic heterocycles. The molecule has 0 heterocycles. The minimum absolute atomic E-state index is 0.213. The van der Waals surface area contributed by atoms with E-state index in [-0.39, 0.29) is 6.10 Å². The van der Waals surface area contributed by atoms with E-state index in [0.717, 1.165) is 5.56 Å². The minimum atomic E-state index is -0.213. The predicted octanol–water partition coefficient (Wildman–Crippen LogP) is 2.94. The van der Waals surface area contributed by atoms with Crippen LogP contribution in [0, 0.1) is 0 Å². The fourth-order valence-corrected chi connectivity index (χ4v) is 1.47. The quantitative estimate of drug-likeness (QED) is 0.755. The van der Waals surface area contributed by atoms with Gasteiger partial charge in [0, 0.05) is 15.6 Å². The monoisotopic (exact) mass is 205 g/mol. The Bertz CT molecular complexity index is 278. The number of rotatable bonds is 2. The summed E-state index contributed by atoms with van der Waals surface area (Å²) in [7, 11) is 0. The van der Waals surface area contributed by atoms with Crippen molar-refractivity contribution in [1.82, 2.24) is 0 Å². The number of halogens is 2. The fraction of sp³-hybridized carbons (Fsp3) is 0.250. The summed E-state index contributed by atoms with van der Waals surface area (Å²) in [6, 6.07) is 5.20. The lowest BCUT2D eigenvalue weighted by atomic mass is 10.1. The molecule has 1 aromatic carbocycles. The zero-order valence-electron chi connectivity index (χ0n) is 6.55. The van der Waals surface area contributed by atoms with Gasteiger partial charge in [0.05, 0.1) is 0 Å². The molecule has 0 amide bonds. The van der Waals surface area contributed by atoms with Crippen LogP contribution < -0.4 is 5.90 Å². The summed E-state index contributed by atoms with van der Waals surface area (Å²) >= 11 is 11.6.